The van der Waals surface area contributed by atoms with E-state index in [1.54, 1.807) is 18.2 Å². The quantitative estimate of drug-likeness (QED) is 0.506. The van der Waals surface area contributed by atoms with Crippen molar-refractivity contribution < 1.29 is 9.84 Å². The Kier molecular flexibility index (Phi) is 1.66. The minimum absolute atomic E-state index is 0.264. The average molecular weight is 165 g/mol. The van der Waals surface area contributed by atoms with Gasteiger partial charge in [0.2, 0.25) is 0 Å². The van der Waals surface area contributed by atoms with E-state index in [0.29, 0.717) is 5.69 Å². The second-order valence-electron chi connectivity index (χ2n) is 3.00. The number of hydrogen-bond donors (Lipinski definition) is 2. The smallest absolute Gasteiger partial charge is 0.120 e. The van der Waals surface area contributed by atoms with Crippen molar-refractivity contribution in [1.29, 1.82) is 0 Å². The highest BCUT2D eigenvalue weighted by Crippen LogP contribution is 2.27. The molecule has 1 aliphatic heterocycles. The molecule has 1 fully saturated rings. The number of nitrogen functional groups attached to an aromatic ring is 1. The van der Waals surface area contributed by atoms with Gasteiger partial charge in [-0.3, -0.25) is 0 Å². The first-order chi connectivity index (χ1) is 5.77. The molecule has 0 saturated carbocycles. The Labute approximate surface area is 70.8 Å². The summed E-state index contributed by atoms with van der Waals surface area (Å²) in [6.45, 7) is 0.785. The van der Waals surface area contributed by atoms with Gasteiger partial charge in [-0.15, -0.1) is 0 Å². The minimum Gasteiger partial charge on any atom is -0.508 e. The third-order valence-electron chi connectivity index (χ3n) is 2.02. The Bertz CT molecular complexity index is 274. The Morgan fingerprint density at radius 2 is 2.33 bits per heavy atom. The average Bonchev–Trinajstić information content (AvgIpc) is 2.80. The lowest BCUT2D eigenvalue weighted by Gasteiger charge is -2.05. The lowest BCUT2D eigenvalue weighted by molar-refractivity contribution is 0.402. The standard InChI is InChI=1S/C9H11NO2/c10-8-2-1-3-9(11)7(8)4-6-5-12-6/h1-3,6,11H,4-5,10H2. The molecule has 3 N–H and O–H groups in total. The predicted molar refractivity (Wildman–Crippen MR) is 46.0 cm³/mol. The maximum absolute atomic E-state index is 9.43. The Hall–Kier alpha value is -1.22. The molecule has 2 rings (SSSR count). The normalized spacial score (nSPS) is 20.8. The fourth-order valence-corrected chi connectivity index (χ4v) is 1.23. The van der Waals surface area contributed by atoms with Crippen LogP contribution in [-0.4, -0.2) is 17.8 Å². The number of rotatable bonds is 2. The van der Waals surface area contributed by atoms with Gasteiger partial charge in [0.15, 0.2) is 0 Å². The molecular weight excluding hydrogens is 154 g/mol. The summed E-state index contributed by atoms with van der Waals surface area (Å²) in [5.41, 5.74) is 7.13. The topological polar surface area (TPSA) is 58.8 Å². The van der Waals surface area contributed by atoms with Crippen molar-refractivity contribution in [2.45, 2.75) is 12.5 Å². The third kappa shape index (κ3) is 1.36. The van der Waals surface area contributed by atoms with E-state index in [9.17, 15) is 5.11 Å². The SMILES string of the molecule is Nc1cccc(O)c1CC1CO1. The first kappa shape index (κ1) is 7.43. The van der Waals surface area contributed by atoms with Crippen molar-refractivity contribution in [2.75, 3.05) is 12.3 Å². The van der Waals surface area contributed by atoms with Gasteiger partial charge >= 0.3 is 0 Å². The summed E-state index contributed by atoms with van der Waals surface area (Å²) in [5, 5.41) is 9.43. The fourth-order valence-electron chi connectivity index (χ4n) is 1.23. The van der Waals surface area contributed by atoms with Gasteiger partial charge in [0.05, 0.1) is 12.7 Å². The zero-order valence-corrected chi connectivity index (χ0v) is 6.66. The molecule has 0 aliphatic carbocycles. The van der Waals surface area contributed by atoms with Crippen LogP contribution in [0.15, 0.2) is 18.2 Å². The van der Waals surface area contributed by atoms with E-state index in [1.807, 2.05) is 0 Å². The van der Waals surface area contributed by atoms with Gasteiger partial charge in [-0.05, 0) is 12.1 Å². The molecule has 1 aromatic rings. The molecule has 1 saturated heterocycles. The summed E-state index contributed by atoms with van der Waals surface area (Å²) in [4.78, 5) is 0. The highest BCUT2D eigenvalue weighted by Gasteiger charge is 2.24. The molecule has 0 bridgehead atoms. The summed E-state index contributed by atoms with van der Waals surface area (Å²) in [6, 6.07) is 5.17. The third-order valence-corrected chi connectivity index (χ3v) is 2.02. The van der Waals surface area contributed by atoms with Gasteiger partial charge in [0.1, 0.15) is 5.75 Å². The lowest BCUT2D eigenvalue weighted by atomic mass is 10.1. The van der Waals surface area contributed by atoms with Crippen LogP contribution in [0.3, 0.4) is 0 Å². The highest BCUT2D eigenvalue weighted by atomic mass is 16.6. The van der Waals surface area contributed by atoms with Gasteiger partial charge in [-0.2, -0.15) is 0 Å². The molecular formula is C9H11NO2. The van der Waals surface area contributed by atoms with E-state index >= 15 is 0 Å². The van der Waals surface area contributed by atoms with E-state index in [2.05, 4.69) is 0 Å². The Morgan fingerprint density at radius 3 is 2.92 bits per heavy atom. The van der Waals surface area contributed by atoms with Crippen molar-refractivity contribution in [3.8, 4) is 5.75 Å². The maximum Gasteiger partial charge on any atom is 0.120 e. The fraction of sp³-hybridized carbons (Fsp3) is 0.333. The van der Waals surface area contributed by atoms with Crippen LogP contribution in [-0.2, 0) is 11.2 Å². The molecule has 0 radical (unpaired) electrons. The van der Waals surface area contributed by atoms with Crippen molar-refractivity contribution in [2.24, 2.45) is 0 Å². The van der Waals surface area contributed by atoms with Gasteiger partial charge in [-0.1, -0.05) is 6.07 Å². The van der Waals surface area contributed by atoms with Crippen LogP contribution < -0.4 is 5.73 Å². The van der Waals surface area contributed by atoms with Crippen LogP contribution in [0, 0.1) is 0 Å². The lowest BCUT2D eigenvalue weighted by Crippen LogP contribution is -1.98. The molecule has 0 amide bonds. The molecule has 0 aromatic heterocycles. The van der Waals surface area contributed by atoms with E-state index in [-0.39, 0.29) is 11.9 Å². The first-order valence-electron chi connectivity index (χ1n) is 3.95. The summed E-state index contributed by atoms with van der Waals surface area (Å²) < 4.78 is 5.06. The molecule has 1 atom stereocenters. The minimum atomic E-state index is 0.264. The van der Waals surface area contributed by atoms with Crippen molar-refractivity contribution >= 4 is 5.69 Å². The van der Waals surface area contributed by atoms with E-state index < -0.39 is 0 Å². The second kappa shape index (κ2) is 2.68. The number of epoxide rings is 1. The van der Waals surface area contributed by atoms with E-state index in [4.69, 9.17) is 10.5 Å². The number of benzene rings is 1. The van der Waals surface area contributed by atoms with Crippen molar-refractivity contribution in [1.82, 2.24) is 0 Å². The number of nitrogens with two attached hydrogens (primary N) is 1. The zero-order chi connectivity index (χ0) is 8.55. The molecule has 3 nitrogen and oxygen atoms in total. The molecule has 1 aromatic carbocycles. The van der Waals surface area contributed by atoms with Crippen LogP contribution in [0.2, 0.25) is 0 Å². The first-order valence-corrected chi connectivity index (χ1v) is 3.95. The molecule has 3 heteroatoms. The molecule has 12 heavy (non-hydrogen) atoms. The van der Waals surface area contributed by atoms with Crippen molar-refractivity contribution in [3.63, 3.8) is 0 Å². The predicted octanol–water partition coefficient (Wildman–Crippen LogP) is 0.916. The van der Waals surface area contributed by atoms with Crippen LogP contribution in [0.25, 0.3) is 0 Å². The summed E-state index contributed by atoms with van der Waals surface area (Å²) >= 11 is 0. The van der Waals surface area contributed by atoms with E-state index in [1.165, 1.54) is 0 Å². The van der Waals surface area contributed by atoms with Crippen LogP contribution in [0.1, 0.15) is 5.56 Å². The monoisotopic (exact) mass is 165 g/mol. The highest BCUT2D eigenvalue weighted by molar-refractivity contribution is 5.54. The Morgan fingerprint density at radius 1 is 1.58 bits per heavy atom. The van der Waals surface area contributed by atoms with Gasteiger partial charge in [0.25, 0.3) is 0 Å². The number of anilines is 1. The largest absolute Gasteiger partial charge is 0.508 e. The summed E-state index contributed by atoms with van der Waals surface area (Å²) in [5.74, 6) is 0.269. The van der Waals surface area contributed by atoms with Crippen LogP contribution >= 0.6 is 0 Å². The maximum atomic E-state index is 9.43. The molecule has 0 spiro atoms. The van der Waals surface area contributed by atoms with Gasteiger partial charge in [-0.25, -0.2) is 0 Å². The molecule has 1 unspecified atom stereocenters. The number of phenolic OH excluding ortho intramolecular Hbond substituents is 1. The second-order valence-corrected chi connectivity index (χ2v) is 3.00. The number of ether oxygens (including phenoxy) is 1. The van der Waals surface area contributed by atoms with Crippen LogP contribution in [0.5, 0.6) is 5.75 Å². The molecule has 1 aliphatic rings. The zero-order valence-electron chi connectivity index (χ0n) is 6.66. The Balaban J connectivity index is 2.26. The molecule has 1 heterocycles. The summed E-state index contributed by atoms with van der Waals surface area (Å²) in [6.07, 6.45) is 0.985. The molecule has 64 valence electrons. The van der Waals surface area contributed by atoms with Crippen molar-refractivity contribution in [3.05, 3.63) is 23.8 Å². The number of phenols is 1. The number of hydrogen-bond acceptors (Lipinski definition) is 3. The number of aromatic hydroxyl groups is 1. The summed E-state index contributed by atoms with van der Waals surface area (Å²) in [7, 11) is 0. The van der Waals surface area contributed by atoms with Crippen LogP contribution in [0.4, 0.5) is 5.69 Å². The van der Waals surface area contributed by atoms with E-state index in [0.717, 1.165) is 18.6 Å². The van der Waals surface area contributed by atoms with Gasteiger partial charge in [0, 0.05) is 17.7 Å². The van der Waals surface area contributed by atoms with Gasteiger partial charge < -0.3 is 15.6 Å².